The zero-order chi connectivity index (χ0) is 10.3. The van der Waals surface area contributed by atoms with Crippen LogP contribution in [0.25, 0.3) is 0 Å². The smallest absolute Gasteiger partial charge is 0.0394 e. The van der Waals surface area contributed by atoms with E-state index in [1.807, 2.05) is 0 Å². The topological polar surface area (TPSA) is 0 Å². The van der Waals surface area contributed by atoms with E-state index in [1.54, 1.807) is 0 Å². The molecule has 0 heterocycles. The lowest BCUT2D eigenvalue weighted by atomic mass is 9.88. The van der Waals surface area contributed by atoms with Gasteiger partial charge in [-0.15, -0.1) is 0 Å². The monoisotopic (exact) mass is 184 g/mol. The molecule has 0 nitrogen and oxygen atoms in total. The Hall–Kier alpha value is 0. The van der Waals surface area contributed by atoms with E-state index < -0.39 is 0 Å². The third-order valence-electron chi connectivity index (χ3n) is 3.07. The summed E-state index contributed by atoms with van der Waals surface area (Å²) in [7, 11) is 0. The molecule has 0 aliphatic rings. The summed E-state index contributed by atoms with van der Waals surface area (Å²) in [4.78, 5) is 0. The van der Waals surface area contributed by atoms with Crippen LogP contribution in [0.15, 0.2) is 0 Å². The number of rotatable bonds is 7. The SMILES string of the molecule is CCC(CCCCC(C)C)C(C)C. The molecule has 1 atom stereocenters. The van der Waals surface area contributed by atoms with E-state index in [-0.39, 0.29) is 0 Å². The summed E-state index contributed by atoms with van der Waals surface area (Å²) in [5, 5.41) is 0. The number of hydrogen-bond acceptors (Lipinski definition) is 0. The van der Waals surface area contributed by atoms with Crippen LogP contribution in [0.4, 0.5) is 0 Å². The molecular weight excluding hydrogens is 156 g/mol. The van der Waals surface area contributed by atoms with Crippen LogP contribution >= 0.6 is 0 Å². The van der Waals surface area contributed by atoms with E-state index in [0.29, 0.717) is 0 Å². The zero-order valence-electron chi connectivity index (χ0n) is 10.3. The van der Waals surface area contributed by atoms with Crippen LogP contribution < -0.4 is 0 Å². The third kappa shape index (κ3) is 7.10. The molecule has 0 spiro atoms. The quantitative estimate of drug-likeness (QED) is 0.494. The maximum absolute atomic E-state index is 2.36. The van der Waals surface area contributed by atoms with Crippen molar-refractivity contribution in [3.05, 3.63) is 0 Å². The van der Waals surface area contributed by atoms with E-state index in [0.717, 1.165) is 17.8 Å². The Bertz CT molecular complexity index is 103. The van der Waals surface area contributed by atoms with Gasteiger partial charge in [0.15, 0.2) is 0 Å². The molecule has 0 aliphatic heterocycles. The summed E-state index contributed by atoms with van der Waals surface area (Å²) >= 11 is 0. The van der Waals surface area contributed by atoms with E-state index in [2.05, 4.69) is 34.6 Å². The van der Waals surface area contributed by atoms with Crippen molar-refractivity contribution in [1.29, 1.82) is 0 Å². The molecule has 0 N–H and O–H groups in total. The van der Waals surface area contributed by atoms with E-state index in [4.69, 9.17) is 0 Å². The van der Waals surface area contributed by atoms with Crippen molar-refractivity contribution in [2.45, 2.75) is 66.7 Å². The van der Waals surface area contributed by atoms with E-state index in [1.165, 1.54) is 32.1 Å². The first kappa shape index (κ1) is 13.0. The second-order valence-corrected chi connectivity index (χ2v) is 5.09. The summed E-state index contributed by atoms with van der Waals surface area (Å²) < 4.78 is 0. The van der Waals surface area contributed by atoms with Crippen LogP contribution in [0.3, 0.4) is 0 Å². The van der Waals surface area contributed by atoms with E-state index >= 15 is 0 Å². The minimum absolute atomic E-state index is 0.879. The lowest BCUT2D eigenvalue weighted by Crippen LogP contribution is -2.07. The minimum atomic E-state index is 0.879. The van der Waals surface area contributed by atoms with Crippen molar-refractivity contribution < 1.29 is 0 Å². The van der Waals surface area contributed by atoms with Gasteiger partial charge in [0.2, 0.25) is 0 Å². The second-order valence-electron chi connectivity index (χ2n) is 5.09. The second kappa shape index (κ2) is 7.41. The standard InChI is InChI=1S/C13H28/c1-6-13(12(4)5)10-8-7-9-11(2)3/h11-13H,6-10H2,1-5H3. The molecule has 0 radical (unpaired) electrons. The van der Waals surface area contributed by atoms with Crippen molar-refractivity contribution in [2.75, 3.05) is 0 Å². The minimum Gasteiger partial charge on any atom is -0.0651 e. The first-order chi connectivity index (χ1) is 6.07. The molecule has 0 fully saturated rings. The fourth-order valence-corrected chi connectivity index (χ4v) is 1.97. The highest BCUT2D eigenvalue weighted by atomic mass is 14.2. The van der Waals surface area contributed by atoms with Crippen LogP contribution in [0.5, 0.6) is 0 Å². The van der Waals surface area contributed by atoms with Crippen molar-refractivity contribution in [2.24, 2.45) is 17.8 Å². The summed E-state index contributed by atoms with van der Waals surface area (Å²) in [5.41, 5.74) is 0. The lowest BCUT2D eigenvalue weighted by Gasteiger charge is -2.18. The maximum Gasteiger partial charge on any atom is -0.0394 e. The Morgan fingerprint density at radius 2 is 1.38 bits per heavy atom. The van der Waals surface area contributed by atoms with Gasteiger partial charge in [-0.1, -0.05) is 66.7 Å². The molecule has 0 saturated carbocycles. The Morgan fingerprint density at radius 3 is 1.77 bits per heavy atom. The zero-order valence-corrected chi connectivity index (χ0v) is 10.3. The molecular formula is C13H28. The summed E-state index contributed by atoms with van der Waals surface area (Å²) in [6, 6.07) is 0. The van der Waals surface area contributed by atoms with Gasteiger partial charge in [-0.05, 0) is 17.8 Å². The van der Waals surface area contributed by atoms with Gasteiger partial charge in [0, 0.05) is 0 Å². The van der Waals surface area contributed by atoms with Gasteiger partial charge in [0.05, 0.1) is 0 Å². The Labute approximate surface area is 85.1 Å². The van der Waals surface area contributed by atoms with Crippen LogP contribution in [0, 0.1) is 17.8 Å². The number of unbranched alkanes of at least 4 members (excludes halogenated alkanes) is 1. The van der Waals surface area contributed by atoms with Crippen LogP contribution in [0.1, 0.15) is 66.7 Å². The highest BCUT2D eigenvalue weighted by Gasteiger charge is 2.09. The van der Waals surface area contributed by atoms with Gasteiger partial charge in [-0.2, -0.15) is 0 Å². The molecule has 0 aromatic rings. The van der Waals surface area contributed by atoms with Crippen LogP contribution in [-0.4, -0.2) is 0 Å². The van der Waals surface area contributed by atoms with Gasteiger partial charge in [-0.25, -0.2) is 0 Å². The summed E-state index contributed by atoms with van der Waals surface area (Å²) in [6.07, 6.45) is 7.09. The Balaban J connectivity index is 3.39. The van der Waals surface area contributed by atoms with Gasteiger partial charge < -0.3 is 0 Å². The Morgan fingerprint density at radius 1 is 0.846 bits per heavy atom. The van der Waals surface area contributed by atoms with Crippen LogP contribution in [-0.2, 0) is 0 Å². The van der Waals surface area contributed by atoms with Crippen molar-refractivity contribution in [1.82, 2.24) is 0 Å². The summed E-state index contributed by atoms with van der Waals surface area (Å²) in [5.74, 6) is 2.73. The fourth-order valence-electron chi connectivity index (χ4n) is 1.97. The molecule has 13 heavy (non-hydrogen) atoms. The molecule has 0 aromatic heterocycles. The molecule has 1 unspecified atom stereocenters. The molecule has 0 aromatic carbocycles. The van der Waals surface area contributed by atoms with Crippen molar-refractivity contribution in [3.63, 3.8) is 0 Å². The van der Waals surface area contributed by atoms with Gasteiger partial charge in [0.25, 0.3) is 0 Å². The average molecular weight is 184 g/mol. The normalized spacial score (nSPS) is 14.1. The maximum atomic E-state index is 2.36. The lowest BCUT2D eigenvalue weighted by molar-refractivity contribution is 0.332. The largest absolute Gasteiger partial charge is 0.0651 e. The fraction of sp³-hybridized carbons (Fsp3) is 1.00. The van der Waals surface area contributed by atoms with Crippen molar-refractivity contribution in [3.8, 4) is 0 Å². The van der Waals surface area contributed by atoms with Gasteiger partial charge in [0.1, 0.15) is 0 Å². The molecule has 0 aliphatic carbocycles. The molecule has 80 valence electrons. The molecule has 0 heteroatoms. The van der Waals surface area contributed by atoms with Gasteiger partial charge >= 0.3 is 0 Å². The highest BCUT2D eigenvalue weighted by Crippen LogP contribution is 2.22. The predicted molar refractivity (Wildman–Crippen MR) is 61.9 cm³/mol. The predicted octanol–water partition coefficient (Wildman–Crippen LogP) is 4.89. The molecule has 0 bridgehead atoms. The van der Waals surface area contributed by atoms with E-state index in [9.17, 15) is 0 Å². The molecule has 0 saturated heterocycles. The average Bonchev–Trinajstić information content (AvgIpc) is 2.03. The third-order valence-corrected chi connectivity index (χ3v) is 3.07. The van der Waals surface area contributed by atoms with Gasteiger partial charge in [-0.3, -0.25) is 0 Å². The van der Waals surface area contributed by atoms with Crippen LogP contribution in [0.2, 0.25) is 0 Å². The first-order valence-corrected chi connectivity index (χ1v) is 6.07. The molecule has 0 rings (SSSR count). The van der Waals surface area contributed by atoms with Crippen molar-refractivity contribution >= 4 is 0 Å². The summed E-state index contributed by atoms with van der Waals surface area (Å²) in [6.45, 7) is 11.7. The number of hydrogen-bond donors (Lipinski definition) is 0. The molecule has 0 amide bonds. The highest BCUT2D eigenvalue weighted by molar-refractivity contribution is 4.61. The first-order valence-electron chi connectivity index (χ1n) is 6.07. The Kier molecular flexibility index (Phi) is 7.41.